The highest BCUT2D eigenvalue weighted by atomic mass is 35.5. The number of rotatable bonds is 3. The van der Waals surface area contributed by atoms with E-state index in [4.69, 9.17) is 16.3 Å². The van der Waals surface area contributed by atoms with Crippen LogP contribution in [0.25, 0.3) is 0 Å². The number of ether oxygens (including phenoxy) is 1. The van der Waals surface area contributed by atoms with Gasteiger partial charge in [-0.15, -0.1) is 11.3 Å². The summed E-state index contributed by atoms with van der Waals surface area (Å²) in [6.07, 6.45) is 3.81. The van der Waals surface area contributed by atoms with Crippen LogP contribution in [-0.4, -0.2) is 43.0 Å². The number of thiophene rings is 1. The maximum Gasteiger partial charge on any atom is 0.259 e. The monoisotopic (exact) mass is 422 g/mol. The Morgan fingerprint density at radius 2 is 1.93 bits per heavy atom. The van der Waals surface area contributed by atoms with Gasteiger partial charge in [0, 0.05) is 23.0 Å². The van der Waals surface area contributed by atoms with Crippen molar-refractivity contribution in [3.05, 3.63) is 50.6 Å². The molecule has 1 N–H and O–H groups in total. The number of nitrogens with one attached hydrogen (secondary N) is 1. The van der Waals surface area contributed by atoms with Gasteiger partial charge in [0.2, 0.25) is 0 Å². The lowest BCUT2D eigenvalue weighted by molar-refractivity contribution is 0.0303. The number of nitrogens with zero attached hydrogens (tertiary/aromatic N) is 1. The number of halogens is 2. The third-order valence-corrected chi connectivity index (χ3v) is 6.53. The van der Waals surface area contributed by atoms with Crippen molar-refractivity contribution in [1.29, 1.82) is 0 Å². The van der Waals surface area contributed by atoms with Gasteiger partial charge in [-0.3, -0.25) is 9.59 Å². The Kier molecular flexibility index (Phi) is 5.66. The minimum absolute atomic E-state index is 0.0884. The fourth-order valence-electron chi connectivity index (χ4n) is 3.65. The van der Waals surface area contributed by atoms with Gasteiger partial charge in [-0.1, -0.05) is 11.6 Å². The molecular weight excluding hydrogens is 403 g/mol. The summed E-state index contributed by atoms with van der Waals surface area (Å²) in [6.45, 7) is 2.08. The summed E-state index contributed by atoms with van der Waals surface area (Å²) >= 11 is 7.20. The quantitative estimate of drug-likeness (QED) is 0.808. The van der Waals surface area contributed by atoms with Crippen LogP contribution in [0.4, 0.5) is 9.39 Å². The molecule has 0 radical (unpaired) electrons. The molecule has 148 valence electrons. The van der Waals surface area contributed by atoms with Crippen LogP contribution in [0.1, 0.15) is 44.0 Å². The Balaban J connectivity index is 1.67. The first kappa shape index (κ1) is 19.4. The zero-order valence-electron chi connectivity index (χ0n) is 15.2. The lowest BCUT2D eigenvalue weighted by Crippen LogP contribution is -2.41. The summed E-state index contributed by atoms with van der Waals surface area (Å²) in [6, 6.07) is 3.93. The van der Waals surface area contributed by atoms with Gasteiger partial charge in [0.1, 0.15) is 10.8 Å². The number of carbonyl (C=O) groups is 2. The fraction of sp³-hybridized carbons (Fsp3) is 0.400. The second-order valence-electron chi connectivity index (χ2n) is 6.90. The van der Waals surface area contributed by atoms with E-state index in [1.807, 2.05) is 0 Å². The SMILES string of the molecule is O=C(Nc1sc2c(c1C(=O)N1CCOCC1)CCCC2)c1ccc(Cl)cc1F. The van der Waals surface area contributed by atoms with Crippen molar-refractivity contribution in [2.45, 2.75) is 25.7 Å². The second kappa shape index (κ2) is 8.19. The minimum atomic E-state index is -0.688. The van der Waals surface area contributed by atoms with Crippen LogP contribution >= 0.6 is 22.9 Å². The van der Waals surface area contributed by atoms with Gasteiger partial charge >= 0.3 is 0 Å². The van der Waals surface area contributed by atoms with Crippen LogP contribution in [0.2, 0.25) is 5.02 Å². The van der Waals surface area contributed by atoms with Gasteiger partial charge in [0.15, 0.2) is 0 Å². The molecule has 0 atom stereocenters. The molecule has 1 aliphatic heterocycles. The van der Waals surface area contributed by atoms with E-state index in [2.05, 4.69) is 5.32 Å². The molecule has 0 unspecified atom stereocenters. The van der Waals surface area contributed by atoms with Crippen LogP contribution in [0.5, 0.6) is 0 Å². The third-order valence-electron chi connectivity index (χ3n) is 5.09. The Morgan fingerprint density at radius 3 is 2.68 bits per heavy atom. The molecule has 2 aliphatic rings. The summed E-state index contributed by atoms with van der Waals surface area (Å²) in [4.78, 5) is 28.8. The van der Waals surface area contributed by atoms with E-state index in [9.17, 15) is 14.0 Å². The number of morpholine rings is 1. The van der Waals surface area contributed by atoms with E-state index in [0.29, 0.717) is 36.9 Å². The summed E-state index contributed by atoms with van der Waals surface area (Å²) in [7, 11) is 0. The van der Waals surface area contributed by atoms with E-state index < -0.39 is 11.7 Å². The minimum Gasteiger partial charge on any atom is -0.378 e. The Bertz CT molecular complexity index is 924. The summed E-state index contributed by atoms with van der Waals surface area (Å²) in [5.41, 5.74) is 1.49. The molecule has 1 fully saturated rings. The molecule has 1 aliphatic carbocycles. The Hall–Kier alpha value is -1.96. The number of amides is 2. The molecular formula is C20H20ClFN2O3S. The van der Waals surface area contributed by atoms with Crippen molar-refractivity contribution in [1.82, 2.24) is 4.90 Å². The zero-order chi connectivity index (χ0) is 19.7. The van der Waals surface area contributed by atoms with E-state index in [1.165, 1.54) is 23.5 Å². The second-order valence-corrected chi connectivity index (χ2v) is 8.44. The summed E-state index contributed by atoms with van der Waals surface area (Å²) in [5.74, 6) is -1.36. The Labute approximate surface area is 171 Å². The molecule has 1 saturated heterocycles. The Morgan fingerprint density at radius 1 is 1.18 bits per heavy atom. The number of fused-ring (bicyclic) bond motifs is 1. The van der Waals surface area contributed by atoms with Crippen LogP contribution in [0, 0.1) is 5.82 Å². The van der Waals surface area contributed by atoms with E-state index in [-0.39, 0.29) is 16.5 Å². The molecule has 2 aromatic rings. The van der Waals surface area contributed by atoms with Crippen LogP contribution in [0.3, 0.4) is 0 Å². The van der Waals surface area contributed by atoms with Gasteiger partial charge in [-0.2, -0.15) is 0 Å². The van der Waals surface area contributed by atoms with Gasteiger partial charge < -0.3 is 15.0 Å². The zero-order valence-corrected chi connectivity index (χ0v) is 16.8. The number of aryl methyl sites for hydroxylation is 1. The summed E-state index contributed by atoms with van der Waals surface area (Å²) in [5, 5.41) is 3.51. The molecule has 2 heterocycles. The fourth-order valence-corrected chi connectivity index (χ4v) is 5.08. The molecule has 5 nitrogen and oxygen atoms in total. The van der Waals surface area contributed by atoms with Crippen molar-refractivity contribution in [2.24, 2.45) is 0 Å². The van der Waals surface area contributed by atoms with Gasteiger partial charge in [-0.25, -0.2) is 4.39 Å². The molecule has 8 heteroatoms. The normalized spacial score (nSPS) is 16.6. The number of carbonyl (C=O) groups excluding carboxylic acids is 2. The number of hydrogen-bond acceptors (Lipinski definition) is 4. The standard InChI is InChI=1S/C20H20ClFN2O3S/c21-12-5-6-13(15(22)11-12)18(25)23-19-17(14-3-1-2-4-16(14)28-19)20(26)24-7-9-27-10-8-24/h5-6,11H,1-4,7-10H2,(H,23,25). The van der Waals surface area contributed by atoms with Crippen LogP contribution in [0.15, 0.2) is 18.2 Å². The van der Waals surface area contributed by atoms with Crippen LogP contribution < -0.4 is 5.32 Å². The third kappa shape index (κ3) is 3.79. The predicted octanol–water partition coefficient (Wildman–Crippen LogP) is 4.14. The number of benzene rings is 1. The van der Waals surface area contributed by atoms with Crippen molar-refractivity contribution in [3.63, 3.8) is 0 Å². The molecule has 4 rings (SSSR count). The molecule has 0 bridgehead atoms. The van der Waals surface area contributed by atoms with Crippen molar-refractivity contribution in [2.75, 3.05) is 31.6 Å². The summed E-state index contributed by atoms with van der Waals surface area (Å²) < 4.78 is 19.5. The molecule has 2 amide bonds. The molecule has 0 saturated carbocycles. The maximum atomic E-state index is 14.1. The first-order valence-electron chi connectivity index (χ1n) is 9.32. The molecule has 1 aromatic heterocycles. The first-order valence-corrected chi connectivity index (χ1v) is 10.5. The lowest BCUT2D eigenvalue weighted by Gasteiger charge is -2.27. The van der Waals surface area contributed by atoms with Crippen molar-refractivity contribution in [3.8, 4) is 0 Å². The molecule has 0 spiro atoms. The molecule has 28 heavy (non-hydrogen) atoms. The highest BCUT2D eigenvalue weighted by Crippen LogP contribution is 2.39. The van der Waals surface area contributed by atoms with Crippen molar-refractivity contribution < 1.29 is 18.7 Å². The van der Waals surface area contributed by atoms with Gasteiger partial charge in [0.25, 0.3) is 11.8 Å². The average Bonchev–Trinajstić information content (AvgIpc) is 3.05. The highest BCUT2D eigenvalue weighted by Gasteiger charge is 2.30. The smallest absolute Gasteiger partial charge is 0.259 e. The van der Waals surface area contributed by atoms with Gasteiger partial charge in [0.05, 0.1) is 24.3 Å². The predicted molar refractivity (Wildman–Crippen MR) is 107 cm³/mol. The first-order chi connectivity index (χ1) is 13.5. The number of anilines is 1. The average molecular weight is 423 g/mol. The van der Waals surface area contributed by atoms with Crippen LogP contribution in [-0.2, 0) is 17.6 Å². The highest BCUT2D eigenvalue weighted by molar-refractivity contribution is 7.17. The van der Waals surface area contributed by atoms with E-state index in [0.717, 1.165) is 42.2 Å². The van der Waals surface area contributed by atoms with E-state index in [1.54, 1.807) is 4.90 Å². The molecule has 1 aromatic carbocycles. The largest absolute Gasteiger partial charge is 0.378 e. The van der Waals surface area contributed by atoms with Gasteiger partial charge in [-0.05, 0) is 49.4 Å². The maximum absolute atomic E-state index is 14.1. The van der Waals surface area contributed by atoms with E-state index >= 15 is 0 Å². The lowest BCUT2D eigenvalue weighted by atomic mass is 9.95. The topological polar surface area (TPSA) is 58.6 Å². The number of hydrogen-bond donors (Lipinski definition) is 1. The van der Waals surface area contributed by atoms with Crippen molar-refractivity contribution >= 4 is 39.8 Å².